The summed E-state index contributed by atoms with van der Waals surface area (Å²) in [6.45, 7) is 7.87. The van der Waals surface area contributed by atoms with E-state index in [1.165, 1.54) is 32.4 Å². The molecule has 1 saturated heterocycles. The van der Waals surface area contributed by atoms with Gasteiger partial charge < -0.3 is 9.64 Å². The maximum atomic E-state index is 10.00. The minimum absolute atomic E-state index is 0.279. The van der Waals surface area contributed by atoms with Crippen molar-refractivity contribution >= 4 is 0 Å². The van der Waals surface area contributed by atoms with Crippen LogP contribution in [0.1, 0.15) is 51.5 Å². The normalized spacial score (nSPS) is 18.4. The Bertz CT molecular complexity index is 529. The Morgan fingerprint density at radius 2 is 2.00 bits per heavy atom. The van der Waals surface area contributed by atoms with Gasteiger partial charge in [0, 0.05) is 0 Å². The van der Waals surface area contributed by atoms with Gasteiger partial charge in [-0.05, 0) is 68.9 Å². The van der Waals surface area contributed by atoms with Crippen molar-refractivity contribution in [2.75, 3.05) is 26.7 Å². The van der Waals surface area contributed by atoms with Crippen molar-refractivity contribution < 1.29 is 4.74 Å². The molecule has 1 aromatic rings. The summed E-state index contributed by atoms with van der Waals surface area (Å²) in [4.78, 5) is 2.55. The minimum Gasteiger partial charge on any atom is -0.497 e. The molecular formula is C20H30N2O. The monoisotopic (exact) mass is 314 g/mol. The predicted octanol–water partition coefficient (Wildman–Crippen LogP) is 4.38. The molecule has 1 atom stereocenters. The highest BCUT2D eigenvalue weighted by Crippen LogP contribution is 2.38. The highest BCUT2D eigenvalue weighted by molar-refractivity contribution is 5.38. The van der Waals surface area contributed by atoms with Crippen molar-refractivity contribution in [1.82, 2.24) is 4.90 Å². The molecular weight excluding hydrogens is 284 g/mol. The lowest BCUT2D eigenvalue weighted by Gasteiger charge is -2.33. The first-order valence-electron chi connectivity index (χ1n) is 8.90. The van der Waals surface area contributed by atoms with Crippen molar-refractivity contribution in [2.45, 2.75) is 51.4 Å². The van der Waals surface area contributed by atoms with Crippen LogP contribution < -0.4 is 4.74 Å². The summed E-state index contributed by atoms with van der Waals surface area (Å²) in [5, 5.41) is 10.00. The average Bonchev–Trinajstić information content (AvgIpc) is 2.59. The van der Waals surface area contributed by atoms with Crippen molar-refractivity contribution in [3.63, 3.8) is 0 Å². The molecule has 3 heteroatoms. The molecule has 0 aromatic heterocycles. The van der Waals surface area contributed by atoms with Crippen LogP contribution in [-0.4, -0.2) is 31.6 Å². The lowest BCUT2D eigenvalue weighted by molar-refractivity contribution is 0.215. The molecule has 2 rings (SSSR count). The highest BCUT2D eigenvalue weighted by Gasteiger charge is 2.36. The number of nitrogens with zero attached hydrogens (tertiary/aromatic N) is 2. The average molecular weight is 314 g/mol. The first-order chi connectivity index (χ1) is 11.1. The van der Waals surface area contributed by atoms with E-state index in [4.69, 9.17) is 4.74 Å². The zero-order valence-corrected chi connectivity index (χ0v) is 14.8. The van der Waals surface area contributed by atoms with Crippen LogP contribution in [0.4, 0.5) is 0 Å². The molecule has 0 saturated carbocycles. The maximum Gasteiger partial charge on any atom is 0.119 e. The number of likely N-dealkylation sites (tertiary alicyclic amines) is 1. The number of ether oxygens (including phenoxy) is 1. The summed E-state index contributed by atoms with van der Waals surface area (Å²) < 4.78 is 5.36. The van der Waals surface area contributed by atoms with Crippen LogP contribution in [0.2, 0.25) is 0 Å². The second-order valence-corrected chi connectivity index (χ2v) is 6.98. The topological polar surface area (TPSA) is 36.3 Å². The van der Waals surface area contributed by atoms with Gasteiger partial charge in [-0.1, -0.05) is 32.4 Å². The second kappa shape index (κ2) is 8.36. The molecule has 0 radical (unpaired) electrons. The summed E-state index contributed by atoms with van der Waals surface area (Å²) in [7, 11) is 1.68. The molecule has 0 aliphatic carbocycles. The third-order valence-electron chi connectivity index (χ3n) is 5.26. The number of methoxy groups -OCH3 is 1. The van der Waals surface area contributed by atoms with E-state index in [9.17, 15) is 5.26 Å². The lowest BCUT2D eigenvalue weighted by atomic mass is 9.70. The zero-order chi connectivity index (χ0) is 16.7. The van der Waals surface area contributed by atoms with Gasteiger partial charge in [0.25, 0.3) is 0 Å². The number of benzene rings is 1. The SMILES string of the molecule is COc1cccc(C(C#N)(CCCN2CCCCC2)C(C)C)c1. The maximum absolute atomic E-state index is 10.00. The summed E-state index contributed by atoms with van der Waals surface area (Å²) in [5.41, 5.74) is 0.664. The largest absolute Gasteiger partial charge is 0.497 e. The first-order valence-corrected chi connectivity index (χ1v) is 8.90. The van der Waals surface area contributed by atoms with Gasteiger partial charge in [0.05, 0.1) is 18.6 Å². The fourth-order valence-corrected chi connectivity index (χ4v) is 3.68. The van der Waals surface area contributed by atoms with Crippen LogP contribution in [0, 0.1) is 17.2 Å². The van der Waals surface area contributed by atoms with Gasteiger partial charge in [-0.15, -0.1) is 0 Å². The van der Waals surface area contributed by atoms with Gasteiger partial charge in [-0.2, -0.15) is 5.26 Å². The molecule has 126 valence electrons. The molecule has 0 N–H and O–H groups in total. The predicted molar refractivity (Wildman–Crippen MR) is 94.6 cm³/mol. The lowest BCUT2D eigenvalue weighted by Crippen LogP contribution is -2.34. The van der Waals surface area contributed by atoms with Crippen LogP contribution in [-0.2, 0) is 5.41 Å². The minimum atomic E-state index is -0.426. The number of hydrogen-bond donors (Lipinski definition) is 0. The van der Waals surface area contributed by atoms with E-state index < -0.39 is 5.41 Å². The smallest absolute Gasteiger partial charge is 0.119 e. The van der Waals surface area contributed by atoms with Crippen molar-refractivity contribution in [3.05, 3.63) is 29.8 Å². The Kier molecular flexibility index (Phi) is 6.47. The van der Waals surface area contributed by atoms with E-state index in [1.54, 1.807) is 7.11 Å². The van der Waals surface area contributed by atoms with Crippen LogP contribution in [0.25, 0.3) is 0 Å². The third-order valence-corrected chi connectivity index (χ3v) is 5.26. The van der Waals surface area contributed by atoms with Gasteiger partial charge in [-0.3, -0.25) is 0 Å². The Hall–Kier alpha value is -1.53. The van der Waals surface area contributed by atoms with Crippen LogP contribution in [0.15, 0.2) is 24.3 Å². The van der Waals surface area contributed by atoms with E-state index in [2.05, 4.69) is 30.9 Å². The molecule has 1 aliphatic heterocycles. The van der Waals surface area contributed by atoms with Crippen LogP contribution in [0.3, 0.4) is 0 Å². The summed E-state index contributed by atoms with van der Waals surface area (Å²) in [5.74, 6) is 1.11. The first kappa shape index (κ1) is 17.8. The van der Waals surface area contributed by atoms with E-state index in [1.807, 2.05) is 18.2 Å². The second-order valence-electron chi connectivity index (χ2n) is 6.98. The molecule has 1 unspecified atom stereocenters. The molecule has 1 heterocycles. The van der Waals surface area contributed by atoms with Crippen LogP contribution in [0.5, 0.6) is 5.75 Å². The molecule has 0 bridgehead atoms. The van der Waals surface area contributed by atoms with Crippen molar-refractivity contribution in [1.29, 1.82) is 5.26 Å². The fourth-order valence-electron chi connectivity index (χ4n) is 3.68. The Morgan fingerprint density at radius 3 is 2.61 bits per heavy atom. The Balaban J connectivity index is 2.10. The van der Waals surface area contributed by atoms with Crippen molar-refractivity contribution in [3.8, 4) is 11.8 Å². The molecule has 0 spiro atoms. The molecule has 3 nitrogen and oxygen atoms in total. The van der Waals surface area contributed by atoms with Gasteiger partial charge in [0.15, 0.2) is 0 Å². The molecule has 23 heavy (non-hydrogen) atoms. The van der Waals surface area contributed by atoms with Crippen LogP contribution >= 0.6 is 0 Å². The Morgan fingerprint density at radius 1 is 1.26 bits per heavy atom. The highest BCUT2D eigenvalue weighted by atomic mass is 16.5. The van der Waals surface area contributed by atoms with Gasteiger partial charge in [0.2, 0.25) is 0 Å². The van der Waals surface area contributed by atoms with Crippen molar-refractivity contribution in [2.24, 2.45) is 5.92 Å². The van der Waals surface area contributed by atoms with Gasteiger partial charge in [-0.25, -0.2) is 0 Å². The van der Waals surface area contributed by atoms with Gasteiger partial charge in [0.1, 0.15) is 5.75 Å². The molecule has 1 fully saturated rings. The summed E-state index contributed by atoms with van der Waals surface area (Å²) in [6, 6.07) is 10.7. The van der Waals surface area contributed by atoms with E-state index in [0.29, 0.717) is 0 Å². The number of piperidine rings is 1. The Labute approximate surface area is 141 Å². The number of nitriles is 1. The molecule has 1 aromatic carbocycles. The van der Waals surface area contributed by atoms with E-state index >= 15 is 0 Å². The number of hydrogen-bond acceptors (Lipinski definition) is 3. The molecule has 0 amide bonds. The standard InChI is InChI=1S/C20H30N2O/c1-17(2)20(16-21,18-9-7-10-19(15-18)23-3)11-8-14-22-12-5-4-6-13-22/h7,9-10,15,17H,4-6,8,11-14H2,1-3H3. The zero-order valence-electron chi connectivity index (χ0n) is 14.8. The van der Waals surface area contributed by atoms with Gasteiger partial charge >= 0.3 is 0 Å². The fraction of sp³-hybridized carbons (Fsp3) is 0.650. The van der Waals surface area contributed by atoms with E-state index in [-0.39, 0.29) is 5.92 Å². The quantitative estimate of drug-likeness (QED) is 0.749. The van der Waals surface area contributed by atoms with E-state index in [0.717, 1.165) is 30.7 Å². The third kappa shape index (κ3) is 4.26. The molecule has 1 aliphatic rings. The number of rotatable bonds is 7. The summed E-state index contributed by atoms with van der Waals surface area (Å²) in [6.07, 6.45) is 6.00. The summed E-state index contributed by atoms with van der Waals surface area (Å²) >= 11 is 0.